The minimum atomic E-state index is 0.714. The molecular formula is C14H17N3S. The van der Waals surface area contributed by atoms with Crippen LogP contribution in [0.2, 0.25) is 0 Å². The van der Waals surface area contributed by atoms with E-state index in [1.165, 1.54) is 18.4 Å². The molecule has 2 N–H and O–H groups in total. The predicted molar refractivity (Wildman–Crippen MR) is 75.2 cm³/mol. The lowest BCUT2D eigenvalue weighted by atomic mass is 10.2. The second-order valence-corrected chi connectivity index (χ2v) is 5.59. The quantitative estimate of drug-likeness (QED) is 0.897. The van der Waals surface area contributed by atoms with Crippen LogP contribution < -0.4 is 5.73 Å². The largest absolute Gasteiger partial charge is 0.397 e. The first-order chi connectivity index (χ1) is 8.83. The molecule has 3 nitrogen and oxygen atoms in total. The van der Waals surface area contributed by atoms with Crippen LogP contribution in [-0.4, -0.2) is 15.9 Å². The highest BCUT2D eigenvalue weighted by Gasteiger charge is 2.29. The van der Waals surface area contributed by atoms with Gasteiger partial charge in [-0.15, -0.1) is 0 Å². The summed E-state index contributed by atoms with van der Waals surface area (Å²) < 4.78 is 0. The van der Waals surface area contributed by atoms with Crippen molar-refractivity contribution in [2.75, 3.05) is 5.73 Å². The Bertz CT molecular complexity index is 506. The lowest BCUT2D eigenvalue weighted by Gasteiger charge is -2.21. The van der Waals surface area contributed by atoms with Gasteiger partial charge >= 0.3 is 0 Å². The molecule has 2 aromatic rings. The van der Waals surface area contributed by atoms with E-state index in [0.717, 1.165) is 24.5 Å². The maximum absolute atomic E-state index is 5.98. The summed E-state index contributed by atoms with van der Waals surface area (Å²) in [6.07, 6.45) is 4.43. The Morgan fingerprint density at radius 3 is 2.89 bits per heavy atom. The number of pyridine rings is 1. The normalized spacial score (nSPS) is 15.2. The van der Waals surface area contributed by atoms with Gasteiger partial charge in [0.25, 0.3) is 0 Å². The Kier molecular flexibility index (Phi) is 3.30. The van der Waals surface area contributed by atoms with Gasteiger partial charge < -0.3 is 5.73 Å². The Morgan fingerprint density at radius 2 is 2.22 bits per heavy atom. The van der Waals surface area contributed by atoms with Gasteiger partial charge in [-0.2, -0.15) is 11.3 Å². The Labute approximate surface area is 111 Å². The number of nitrogen functional groups attached to an aromatic ring is 1. The molecule has 0 bridgehead atoms. The standard InChI is InChI=1S/C14H17N3S/c15-13-2-1-6-16-14(13)9-17(12-3-4-12)8-11-5-7-18-10-11/h1-2,5-7,10,12H,3-4,8-9,15H2. The average Bonchev–Trinajstić information content (AvgIpc) is 3.10. The van der Waals surface area contributed by atoms with E-state index in [9.17, 15) is 0 Å². The molecule has 0 saturated heterocycles. The molecule has 2 aromatic heterocycles. The molecule has 18 heavy (non-hydrogen) atoms. The summed E-state index contributed by atoms with van der Waals surface area (Å²) in [5.74, 6) is 0. The Hall–Kier alpha value is -1.39. The zero-order valence-corrected chi connectivity index (χ0v) is 11.1. The number of nitrogens with two attached hydrogens (primary N) is 1. The molecule has 4 heteroatoms. The van der Waals surface area contributed by atoms with Crippen LogP contribution in [0, 0.1) is 0 Å². The summed E-state index contributed by atoms with van der Waals surface area (Å²) in [6.45, 7) is 1.86. The highest BCUT2D eigenvalue weighted by molar-refractivity contribution is 7.07. The van der Waals surface area contributed by atoms with Crippen LogP contribution >= 0.6 is 11.3 Å². The van der Waals surface area contributed by atoms with Gasteiger partial charge in [-0.05, 0) is 47.4 Å². The number of rotatable bonds is 5. The molecule has 2 heterocycles. The average molecular weight is 259 g/mol. The van der Waals surface area contributed by atoms with E-state index < -0.39 is 0 Å². The molecule has 0 spiro atoms. The predicted octanol–water partition coefficient (Wildman–Crippen LogP) is 2.89. The Morgan fingerprint density at radius 1 is 1.33 bits per heavy atom. The van der Waals surface area contributed by atoms with Crippen molar-refractivity contribution >= 4 is 17.0 Å². The highest BCUT2D eigenvalue weighted by Crippen LogP contribution is 2.30. The third-order valence-electron chi connectivity index (χ3n) is 3.31. The van der Waals surface area contributed by atoms with E-state index in [0.29, 0.717) is 6.04 Å². The molecule has 0 aliphatic heterocycles. The van der Waals surface area contributed by atoms with Crippen molar-refractivity contribution in [2.24, 2.45) is 0 Å². The van der Waals surface area contributed by atoms with Crippen LogP contribution in [-0.2, 0) is 13.1 Å². The van der Waals surface area contributed by atoms with Crippen LogP contribution in [0.1, 0.15) is 24.1 Å². The van der Waals surface area contributed by atoms with E-state index in [1.54, 1.807) is 11.3 Å². The zero-order chi connectivity index (χ0) is 12.4. The summed E-state index contributed by atoms with van der Waals surface area (Å²) in [7, 11) is 0. The van der Waals surface area contributed by atoms with Crippen molar-refractivity contribution in [2.45, 2.75) is 32.0 Å². The molecule has 1 saturated carbocycles. The lowest BCUT2D eigenvalue weighted by Crippen LogP contribution is -2.25. The van der Waals surface area contributed by atoms with Crippen LogP contribution in [0.3, 0.4) is 0 Å². The minimum absolute atomic E-state index is 0.714. The molecule has 1 aliphatic rings. The zero-order valence-electron chi connectivity index (χ0n) is 10.2. The number of hydrogen-bond donors (Lipinski definition) is 1. The van der Waals surface area contributed by atoms with Crippen LogP contribution in [0.5, 0.6) is 0 Å². The minimum Gasteiger partial charge on any atom is -0.397 e. The van der Waals surface area contributed by atoms with E-state index >= 15 is 0 Å². The third-order valence-corrected chi connectivity index (χ3v) is 4.04. The van der Waals surface area contributed by atoms with Crippen molar-refractivity contribution in [1.29, 1.82) is 0 Å². The van der Waals surface area contributed by atoms with Crippen LogP contribution in [0.4, 0.5) is 5.69 Å². The summed E-state index contributed by atoms with van der Waals surface area (Å²) in [5.41, 5.74) is 9.17. The van der Waals surface area contributed by atoms with E-state index in [4.69, 9.17) is 5.73 Å². The second kappa shape index (κ2) is 5.08. The van der Waals surface area contributed by atoms with Crippen LogP contribution in [0.25, 0.3) is 0 Å². The van der Waals surface area contributed by atoms with Gasteiger partial charge in [0.2, 0.25) is 0 Å². The molecule has 0 amide bonds. The first-order valence-electron chi connectivity index (χ1n) is 6.27. The van der Waals surface area contributed by atoms with Gasteiger partial charge in [0.05, 0.1) is 11.4 Å². The van der Waals surface area contributed by atoms with Crippen molar-refractivity contribution in [3.63, 3.8) is 0 Å². The van der Waals surface area contributed by atoms with Crippen molar-refractivity contribution in [3.8, 4) is 0 Å². The molecule has 0 aromatic carbocycles. The Balaban J connectivity index is 1.73. The summed E-state index contributed by atoms with van der Waals surface area (Å²) in [5, 5.41) is 4.35. The molecule has 1 aliphatic carbocycles. The van der Waals surface area contributed by atoms with Gasteiger partial charge in [0, 0.05) is 25.3 Å². The highest BCUT2D eigenvalue weighted by atomic mass is 32.1. The molecule has 1 fully saturated rings. The third kappa shape index (κ3) is 2.71. The summed E-state index contributed by atoms with van der Waals surface area (Å²) in [4.78, 5) is 6.88. The van der Waals surface area contributed by atoms with E-state index in [2.05, 4.69) is 26.7 Å². The number of hydrogen-bond acceptors (Lipinski definition) is 4. The fraction of sp³-hybridized carbons (Fsp3) is 0.357. The van der Waals surface area contributed by atoms with Gasteiger partial charge in [0.1, 0.15) is 0 Å². The summed E-state index contributed by atoms with van der Waals surface area (Å²) in [6, 6.07) is 6.73. The monoisotopic (exact) mass is 259 g/mol. The molecule has 0 atom stereocenters. The molecule has 0 radical (unpaired) electrons. The van der Waals surface area contributed by atoms with Gasteiger partial charge in [0.15, 0.2) is 0 Å². The first kappa shape index (κ1) is 11.7. The number of thiophene rings is 1. The lowest BCUT2D eigenvalue weighted by molar-refractivity contribution is 0.243. The number of aromatic nitrogens is 1. The van der Waals surface area contributed by atoms with E-state index in [1.807, 2.05) is 18.3 Å². The van der Waals surface area contributed by atoms with Crippen molar-refractivity contribution in [1.82, 2.24) is 9.88 Å². The number of nitrogens with zero attached hydrogens (tertiary/aromatic N) is 2. The summed E-state index contributed by atoms with van der Waals surface area (Å²) >= 11 is 1.76. The fourth-order valence-corrected chi connectivity index (χ4v) is 2.81. The molecule has 94 valence electrons. The maximum atomic E-state index is 5.98. The van der Waals surface area contributed by atoms with Gasteiger partial charge in [-0.25, -0.2) is 0 Å². The van der Waals surface area contributed by atoms with Crippen molar-refractivity contribution in [3.05, 3.63) is 46.4 Å². The number of anilines is 1. The SMILES string of the molecule is Nc1cccnc1CN(Cc1ccsc1)C1CC1. The second-order valence-electron chi connectivity index (χ2n) is 4.81. The van der Waals surface area contributed by atoms with E-state index in [-0.39, 0.29) is 0 Å². The fourth-order valence-electron chi connectivity index (χ4n) is 2.15. The van der Waals surface area contributed by atoms with Crippen LogP contribution in [0.15, 0.2) is 35.2 Å². The smallest absolute Gasteiger partial charge is 0.0772 e. The first-order valence-corrected chi connectivity index (χ1v) is 7.21. The molecule has 0 unspecified atom stereocenters. The van der Waals surface area contributed by atoms with Crippen molar-refractivity contribution < 1.29 is 0 Å². The van der Waals surface area contributed by atoms with Gasteiger partial charge in [-0.3, -0.25) is 9.88 Å². The molecular weight excluding hydrogens is 242 g/mol. The molecule has 3 rings (SSSR count). The maximum Gasteiger partial charge on any atom is 0.0772 e. The topological polar surface area (TPSA) is 42.1 Å². The van der Waals surface area contributed by atoms with Gasteiger partial charge in [-0.1, -0.05) is 0 Å².